The van der Waals surface area contributed by atoms with Crippen molar-refractivity contribution in [2.45, 2.75) is 12.5 Å². The van der Waals surface area contributed by atoms with Crippen molar-refractivity contribution in [1.29, 1.82) is 0 Å². The van der Waals surface area contributed by atoms with Crippen LogP contribution in [0, 0.1) is 0 Å². The summed E-state index contributed by atoms with van der Waals surface area (Å²) in [5, 5.41) is 8.52. The summed E-state index contributed by atoms with van der Waals surface area (Å²) in [7, 11) is 0. The third-order valence-electron chi connectivity index (χ3n) is 1.62. The molecule has 3 N–H and O–H groups in total. The molecule has 0 saturated heterocycles. The normalized spacial score (nSPS) is 11.5. The molecule has 1 unspecified atom stereocenters. The van der Waals surface area contributed by atoms with E-state index in [1.165, 1.54) is 0 Å². The average Bonchev–Trinajstić information content (AvgIpc) is 2.06. The van der Waals surface area contributed by atoms with Crippen LogP contribution in [-0.2, 0) is 28.6 Å². The van der Waals surface area contributed by atoms with Crippen LogP contribution in [-0.4, -0.2) is 17.1 Å². The summed E-state index contributed by atoms with van der Waals surface area (Å²) in [6.07, 6.45) is 0.385. The Morgan fingerprint density at radius 2 is 1.92 bits per heavy atom. The van der Waals surface area contributed by atoms with E-state index in [4.69, 9.17) is 10.8 Å². The van der Waals surface area contributed by atoms with Gasteiger partial charge < -0.3 is 10.8 Å². The van der Waals surface area contributed by atoms with Crippen LogP contribution in [0.4, 0.5) is 0 Å². The molecule has 0 aliphatic carbocycles. The number of carboxylic acid groups (broad SMARTS) is 1. The zero-order valence-corrected chi connectivity index (χ0v) is 8.29. The number of nitrogens with two attached hydrogens (primary N) is 1. The fourth-order valence-corrected chi connectivity index (χ4v) is 0.955. The number of carboxylic acids is 1. The van der Waals surface area contributed by atoms with E-state index >= 15 is 0 Å². The molecule has 4 heteroatoms. The monoisotopic (exact) mass is 217 g/mol. The third-order valence-corrected chi connectivity index (χ3v) is 1.62. The van der Waals surface area contributed by atoms with Gasteiger partial charge in [0.25, 0.3) is 0 Å². The first-order valence-corrected chi connectivity index (χ1v) is 3.72. The van der Waals surface area contributed by atoms with Gasteiger partial charge in [0.05, 0.1) is 0 Å². The molecule has 0 aliphatic heterocycles. The Bertz CT molecular complexity index is 264. The smallest absolute Gasteiger partial charge is 0.320 e. The average molecular weight is 217 g/mol. The van der Waals surface area contributed by atoms with E-state index in [0.29, 0.717) is 6.42 Å². The molecular formula is C9H11CrNO2. The van der Waals surface area contributed by atoms with Crippen LogP contribution in [0.3, 0.4) is 0 Å². The molecule has 70 valence electrons. The molecule has 0 spiro atoms. The van der Waals surface area contributed by atoms with Crippen LogP contribution in [0.25, 0.3) is 0 Å². The Morgan fingerprint density at radius 1 is 1.38 bits per heavy atom. The minimum Gasteiger partial charge on any atom is -0.480 e. The maximum Gasteiger partial charge on any atom is 0.320 e. The summed E-state index contributed by atoms with van der Waals surface area (Å²) in [5.74, 6) is -0.959. The molecule has 1 aromatic carbocycles. The Morgan fingerprint density at radius 3 is 2.38 bits per heavy atom. The quantitative estimate of drug-likeness (QED) is 0.780. The number of hydrogen-bond donors (Lipinski definition) is 2. The van der Waals surface area contributed by atoms with Gasteiger partial charge in [-0.3, -0.25) is 4.79 Å². The molecule has 0 amide bonds. The Labute approximate surface area is 87.7 Å². The van der Waals surface area contributed by atoms with E-state index in [1.807, 2.05) is 30.3 Å². The second kappa shape index (κ2) is 5.76. The second-order valence-corrected chi connectivity index (χ2v) is 2.63. The topological polar surface area (TPSA) is 63.3 Å². The predicted molar refractivity (Wildman–Crippen MR) is 45.8 cm³/mol. The van der Waals surface area contributed by atoms with Gasteiger partial charge in [0.1, 0.15) is 6.04 Å². The van der Waals surface area contributed by atoms with Crippen molar-refractivity contribution >= 4 is 5.97 Å². The Balaban J connectivity index is 0.00000144. The van der Waals surface area contributed by atoms with E-state index in [0.717, 1.165) is 5.56 Å². The summed E-state index contributed by atoms with van der Waals surface area (Å²) in [6, 6.07) is 8.54. The predicted octanol–water partition coefficient (Wildman–Crippen LogP) is 0.639. The Kier molecular flexibility index (Phi) is 5.40. The summed E-state index contributed by atoms with van der Waals surface area (Å²) >= 11 is 0. The van der Waals surface area contributed by atoms with Crippen LogP contribution >= 0.6 is 0 Å². The van der Waals surface area contributed by atoms with Gasteiger partial charge in [-0.05, 0) is 12.0 Å². The van der Waals surface area contributed by atoms with Gasteiger partial charge in [-0.2, -0.15) is 0 Å². The minimum atomic E-state index is -0.959. The van der Waals surface area contributed by atoms with Crippen LogP contribution in [0.5, 0.6) is 0 Å². The summed E-state index contributed by atoms with van der Waals surface area (Å²) in [5.41, 5.74) is 6.30. The molecule has 3 nitrogen and oxygen atoms in total. The molecule has 0 bridgehead atoms. The third kappa shape index (κ3) is 4.09. The fraction of sp³-hybridized carbons (Fsp3) is 0.222. The minimum absolute atomic E-state index is 0. The van der Waals surface area contributed by atoms with Crippen molar-refractivity contribution < 1.29 is 27.3 Å². The van der Waals surface area contributed by atoms with Gasteiger partial charge >= 0.3 is 5.97 Å². The first kappa shape index (κ1) is 12.2. The van der Waals surface area contributed by atoms with Crippen molar-refractivity contribution in [2.24, 2.45) is 5.73 Å². The second-order valence-electron chi connectivity index (χ2n) is 2.63. The SMILES string of the molecule is NC(Cc1ccccc1)C(=O)O.[Cr]. The zero-order valence-electron chi connectivity index (χ0n) is 7.01. The molecule has 1 rings (SSSR count). The van der Waals surface area contributed by atoms with Crippen LogP contribution < -0.4 is 5.73 Å². The molecule has 0 aromatic heterocycles. The maximum absolute atomic E-state index is 10.4. The molecule has 0 heterocycles. The molecule has 0 radical (unpaired) electrons. The molecular weight excluding hydrogens is 206 g/mol. The van der Waals surface area contributed by atoms with Crippen molar-refractivity contribution in [3.8, 4) is 0 Å². The number of hydrogen-bond acceptors (Lipinski definition) is 2. The van der Waals surface area contributed by atoms with Gasteiger partial charge in [0.15, 0.2) is 0 Å². The van der Waals surface area contributed by atoms with Crippen molar-refractivity contribution in [3.63, 3.8) is 0 Å². The van der Waals surface area contributed by atoms with Gasteiger partial charge in [-0.25, -0.2) is 0 Å². The van der Waals surface area contributed by atoms with Crippen molar-refractivity contribution in [1.82, 2.24) is 0 Å². The summed E-state index contributed by atoms with van der Waals surface area (Å²) in [6.45, 7) is 0. The summed E-state index contributed by atoms with van der Waals surface area (Å²) < 4.78 is 0. The van der Waals surface area contributed by atoms with Crippen LogP contribution in [0.2, 0.25) is 0 Å². The zero-order chi connectivity index (χ0) is 8.97. The van der Waals surface area contributed by atoms with E-state index < -0.39 is 12.0 Å². The molecule has 0 fully saturated rings. The van der Waals surface area contributed by atoms with E-state index in [-0.39, 0.29) is 17.4 Å². The van der Waals surface area contributed by atoms with Gasteiger partial charge in [-0.1, -0.05) is 30.3 Å². The van der Waals surface area contributed by atoms with Gasteiger partial charge in [0.2, 0.25) is 0 Å². The number of carbonyl (C=O) groups is 1. The Hall–Kier alpha value is -0.818. The van der Waals surface area contributed by atoms with Crippen molar-refractivity contribution in [3.05, 3.63) is 35.9 Å². The van der Waals surface area contributed by atoms with Gasteiger partial charge in [0, 0.05) is 17.4 Å². The molecule has 0 aliphatic rings. The molecule has 13 heavy (non-hydrogen) atoms. The first-order valence-electron chi connectivity index (χ1n) is 3.72. The van der Waals surface area contributed by atoms with E-state index in [9.17, 15) is 4.79 Å². The number of aliphatic carboxylic acids is 1. The van der Waals surface area contributed by atoms with Crippen LogP contribution in [0.15, 0.2) is 30.3 Å². The maximum atomic E-state index is 10.4. The fourth-order valence-electron chi connectivity index (χ4n) is 0.955. The van der Waals surface area contributed by atoms with E-state index in [2.05, 4.69) is 0 Å². The molecule has 1 atom stereocenters. The van der Waals surface area contributed by atoms with E-state index in [1.54, 1.807) is 0 Å². The molecule has 1 aromatic rings. The standard InChI is InChI=1S/C9H11NO2.Cr/c10-8(9(11)12)6-7-4-2-1-3-5-7;/h1-5,8H,6,10H2,(H,11,12);. The number of rotatable bonds is 3. The van der Waals surface area contributed by atoms with Crippen molar-refractivity contribution in [2.75, 3.05) is 0 Å². The number of benzene rings is 1. The largest absolute Gasteiger partial charge is 0.480 e. The molecule has 0 saturated carbocycles. The first-order chi connectivity index (χ1) is 5.70. The van der Waals surface area contributed by atoms with Crippen LogP contribution in [0.1, 0.15) is 5.56 Å². The van der Waals surface area contributed by atoms with Gasteiger partial charge in [-0.15, -0.1) is 0 Å². The summed E-state index contributed by atoms with van der Waals surface area (Å²) in [4.78, 5) is 10.4.